The van der Waals surface area contributed by atoms with Crippen LogP contribution in [0.5, 0.6) is 0 Å². The molecule has 0 radical (unpaired) electrons. The molecule has 0 amide bonds. The van der Waals surface area contributed by atoms with Crippen molar-refractivity contribution in [2.24, 2.45) is 28.6 Å². The number of aliphatic hydroxyl groups is 3. The summed E-state index contributed by atoms with van der Waals surface area (Å²) in [5.74, 6) is -1.41. The topological polar surface area (TPSA) is 145 Å². The second kappa shape index (κ2) is 14.6. The van der Waals surface area contributed by atoms with E-state index in [1.54, 1.807) is 24.3 Å². The van der Waals surface area contributed by atoms with Crippen molar-refractivity contribution < 1.29 is 43.9 Å². The van der Waals surface area contributed by atoms with Crippen LogP contribution in [0.4, 0.5) is 9.18 Å². The lowest BCUT2D eigenvalue weighted by Gasteiger charge is -2.60. The molecular weight excluding hydrogens is 713 g/mol. The van der Waals surface area contributed by atoms with Crippen LogP contribution in [0.3, 0.4) is 0 Å². The van der Waals surface area contributed by atoms with Gasteiger partial charge >= 0.3 is 6.16 Å². The predicted octanol–water partition coefficient (Wildman–Crippen LogP) is 7.10. The van der Waals surface area contributed by atoms with E-state index in [-0.39, 0.29) is 47.4 Å². The molecule has 3 saturated carbocycles. The number of allylic oxidation sites excluding steroid dienone is 1. The van der Waals surface area contributed by atoms with Crippen LogP contribution < -0.4 is 0 Å². The zero-order valence-electron chi connectivity index (χ0n) is 31.0. The highest BCUT2D eigenvalue weighted by Crippen LogP contribution is 2.68. The summed E-state index contributed by atoms with van der Waals surface area (Å²) in [5.41, 5.74) is -1.91. The molecular formula is C43H51ClFNO8. The summed E-state index contributed by atoms with van der Waals surface area (Å²) >= 11 is 6.05. The Morgan fingerprint density at radius 3 is 2.35 bits per heavy atom. The minimum atomic E-state index is -2.01. The first-order valence-corrected chi connectivity index (χ1v) is 19.7. The number of ketones is 2. The highest BCUT2D eigenvalue weighted by atomic mass is 35.5. The summed E-state index contributed by atoms with van der Waals surface area (Å²) in [7, 11) is 0. The van der Waals surface area contributed by atoms with Gasteiger partial charge in [0.1, 0.15) is 11.4 Å². The minimum Gasteiger partial charge on any atom is -0.450 e. The van der Waals surface area contributed by atoms with E-state index in [4.69, 9.17) is 16.3 Å². The summed E-state index contributed by atoms with van der Waals surface area (Å²) in [5, 5.41) is 46.5. The fourth-order valence-corrected chi connectivity index (χ4v) is 11.4. The van der Waals surface area contributed by atoms with Crippen molar-refractivity contribution in [3.8, 4) is 0 Å². The van der Waals surface area contributed by atoms with Crippen LogP contribution in [0, 0.1) is 34.4 Å². The number of piperidine rings is 1. The van der Waals surface area contributed by atoms with Gasteiger partial charge in [0.15, 0.2) is 11.9 Å². The number of ether oxygens (including phenoxy) is 1. The Balaban J connectivity index is 1.14. The number of carbonyl (C=O) groups is 3. The van der Waals surface area contributed by atoms with E-state index in [9.17, 15) is 39.2 Å². The van der Waals surface area contributed by atoms with Gasteiger partial charge in [0.25, 0.3) is 0 Å². The van der Waals surface area contributed by atoms with Gasteiger partial charge in [-0.3, -0.25) is 9.59 Å². The number of aliphatic hydroxyl groups excluding tert-OH is 1. The number of benzene rings is 2. The summed E-state index contributed by atoms with van der Waals surface area (Å²) in [6.07, 6.45) is 3.93. The van der Waals surface area contributed by atoms with E-state index in [2.05, 4.69) is 11.8 Å². The molecule has 2 aromatic carbocycles. The van der Waals surface area contributed by atoms with Crippen LogP contribution in [-0.4, -0.2) is 80.5 Å². The number of Topliss-reactive ketones (excluding diaryl/α,β-unsaturated/α-hetero) is 1. The van der Waals surface area contributed by atoms with Crippen LogP contribution in [0.1, 0.15) is 89.2 Å². The van der Waals surface area contributed by atoms with E-state index >= 15 is 0 Å². The molecule has 4 aliphatic carbocycles. The van der Waals surface area contributed by atoms with Crippen molar-refractivity contribution in [3.63, 3.8) is 0 Å². The molecule has 9 nitrogen and oxygen atoms in total. The highest BCUT2D eigenvalue weighted by molar-refractivity contribution is 6.30. The Morgan fingerprint density at radius 2 is 1.69 bits per heavy atom. The molecule has 290 valence electrons. The first-order chi connectivity index (χ1) is 25.6. The summed E-state index contributed by atoms with van der Waals surface area (Å²) in [6, 6.07) is 12.6. The molecule has 0 bridgehead atoms. The summed E-state index contributed by atoms with van der Waals surface area (Å²) in [6.45, 7) is 5.73. The molecule has 4 fully saturated rings. The minimum absolute atomic E-state index is 0.00349. The zero-order chi connectivity index (χ0) is 38.6. The first kappa shape index (κ1) is 38.8. The molecule has 1 unspecified atom stereocenters. The first-order valence-electron chi connectivity index (χ1n) is 19.3. The Kier molecular flexibility index (Phi) is 10.5. The van der Waals surface area contributed by atoms with Gasteiger partial charge in [-0.05, 0) is 122 Å². The Labute approximate surface area is 320 Å². The number of likely N-dealkylation sites (tertiary alicyclic amines) is 1. The van der Waals surface area contributed by atoms with E-state index in [1.165, 1.54) is 24.3 Å². The Bertz CT molecular complexity index is 1840. The predicted molar refractivity (Wildman–Crippen MR) is 201 cm³/mol. The molecule has 1 heterocycles. The maximum Gasteiger partial charge on any atom is 0.506 e. The molecule has 8 atom stereocenters. The monoisotopic (exact) mass is 763 g/mol. The maximum atomic E-state index is 14.9. The molecule has 1 saturated heterocycles. The van der Waals surface area contributed by atoms with Gasteiger partial charge in [0, 0.05) is 42.1 Å². The van der Waals surface area contributed by atoms with Crippen LogP contribution in [0.2, 0.25) is 5.02 Å². The second-order valence-corrected chi connectivity index (χ2v) is 17.4. The number of carboxylic acid groups (broad SMARTS) is 1. The molecule has 0 aromatic heterocycles. The number of fused-ring (bicyclic) bond motifs is 5. The Morgan fingerprint density at radius 1 is 1.00 bits per heavy atom. The third kappa shape index (κ3) is 6.76. The van der Waals surface area contributed by atoms with Crippen molar-refractivity contribution in [2.45, 2.75) is 101 Å². The van der Waals surface area contributed by atoms with Gasteiger partial charge in [0.2, 0.25) is 5.78 Å². The van der Waals surface area contributed by atoms with Gasteiger partial charge in [0.05, 0.1) is 11.7 Å². The lowest BCUT2D eigenvalue weighted by atomic mass is 9.45. The molecule has 11 heteroatoms. The molecule has 54 heavy (non-hydrogen) atoms. The number of carbonyl (C=O) groups excluding carboxylic acids is 2. The van der Waals surface area contributed by atoms with Crippen LogP contribution >= 0.6 is 11.6 Å². The normalized spacial score (nSPS) is 34.2. The molecule has 0 spiro atoms. The van der Waals surface area contributed by atoms with E-state index < -0.39 is 46.6 Å². The highest BCUT2D eigenvalue weighted by Gasteiger charge is 2.69. The quantitative estimate of drug-likeness (QED) is 0.197. The van der Waals surface area contributed by atoms with Crippen molar-refractivity contribution in [1.82, 2.24) is 4.90 Å². The fraction of sp³-hybridized carbons (Fsp3) is 0.558. The SMILES string of the molecule is C[C@]12CCC(=O)C=C1CC[C@@H]1[C@@H]2[C@@H](O)C[C@@]2(C)[C@H]1CC[C@]2(O)C(=O)C(OC(=O)O)/C(=C\CCN1CCC(O)(c2ccc(Cl)cc2)CC1)c1ccc(F)cc1. The Hall–Kier alpha value is -3.41. The number of hydrogen-bond acceptors (Lipinski definition) is 8. The van der Waals surface area contributed by atoms with E-state index in [1.807, 2.05) is 19.1 Å². The van der Waals surface area contributed by atoms with Crippen molar-refractivity contribution in [2.75, 3.05) is 19.6 Å². The third-order valence-electron chi connectivity index (χ3n) is 14.2. The van der Waals surface area contributed by atoms with Gasteiger partial charge in [-0.2, -0.15) is 0 Å². The number of hydrogen-bond donors (Lipinski definition) is 4. The summed E-state index contributed by atoms with van der Waals surface area (Å²) < 4.78 is 19.6. The molecule has 2 aromatic rings. The number of nitrogens with zero attached hydrogens (tertiary/aromatic N) is 1. The second-order valence-electron chi connectivity index (χ2n) is 16.9. The third-order valence-corrected chi connectivity index (χ3v) is 14.5. The van der Waals surface area contributed by atoms with Crippen molar-refractivity contribution in [3.05, 3.63) is 88.2 Å². The van der Waals surface area contributed by atoms with Crippen LogP contribution in [0.15, 0.2) is 66.3 Å². The lowest BCUT2D eigenvalue weighted by molar-refractivity contribution is -0.184. The van der Waals surface area contributed by atoms with Crippen LogP contribution in [-0.2, 0) is 19.9 Å². The van der Waals surface area contributed by atoms with Gasteiger partial charge in [-0.15, -0.1) is 0 Å². The average Bonchev–Trinajstić information content (AvgIpc) is 3.40. The van der Waals surface area contributed by atoms with E-state index in [0.29, 0.717) is 75.2 Å². The molecule has 4 N–H and O–H groups in total. The smallest absolute Gasteiger partial charge is 0.450 e. The summed E-state index contributed by atoms with van der Waals surface area (Å²) in [4.78, 5) is 41.7. The molecule has 7 rings (SSSR count). The van der Waals surface area contributed by atoms with Gasteiger partial charge < -0.3 is 30.1 Å². The molecule has 1 aliphatic heterocycles. The largest absolute Gasteiger partial charge is 0.506 e. The fourth-order valence-electron chi connectivity index (χ4n) is 11.3. The van der Waals surface area contributed by atoms with Gasteiger partial charge in [-0.25, -0.2) is 9.18 Å². The standard InChI is InChI=1S/C43H51ClFNO8/c1-40-17-15-31(47)24-28(40)9-14-33-34-16-18-43(53,41(34,2)25-35(48)36(33)40)38(49)37(54-39(50)51)32(26-5-12-30(45)13-6-26)4-3-21-46-22-19-42(52,20-23-46)27-7-10-29(44)11-8-27/h4-8,10-13,24,33-37,48,52-53H,3,9,14-23,25H2,1-2H3,(H,50,51)/b32-4-/t33-,34-,35-,36+,37?,40-,41-,43-/m0/s1. The van der Waals surface area contributed by atoms with Crippen molar-refractivity contribution >= 4 is 34.9 Å². The molecule has 5 aliphatic rings. The van der Waals surface area contributed by atoms with Crippen LogP contribution in [0.25, 0.3) is 5.57 Å². The lowest BCUT2D eigenvalue weighted by Crippen LogP contribution is -2.63. The van der Waals surface area contributed by atoms with Crippen molar-refractivity contribution in [1.29, 1.82) is 0 Å². The average molecular weight is 764 g/mol. The number of rotatable bonds is 9. The van der Waals surface area contributed by atoms with E-state index in [0.717, 1.165) is 17.6 Å². The maximum absolute atomic E-state index is 14.9. The number of halogens is 2. The van der Waals surface area contributed by atoms with Gasteiger partial charge in [-0.1, -0.05) is 61.4 Å². The zero-order valence-corrected chi connectivity index (χ0v) is 31.7.